The molecule has 2 nitrogen and oxygen atoms in total. The topological polar surface area (TPSA) is 17.3 Å². The first-order valence-electron chi connectivity index (χ1n) is 4.61. The lowest BCUT2D eigenvalue weighted by Gasteiger charge is -2.17. The quantitative estimate of drug-likeness (QED) is 0.627. The van der Waals surface area contributed by atoms with Gasteiger partial charge in [0, 0.05) is 23.5 Å². The van der Waals surface area contributed by atoms with Crippen LogP contribution in [0.5, 0.6) is 0 Å². The van der Waals surface area contributed by atoms with Gasteiger partial charge in [-0.05, 0) is 12.1 Å². The Bertz CT molecular complexity index is 466. The molecule has 0 unspecified atom stereocenters. The van der Waals surface area contributed by atoms with Crippen LogP contribution in [0.25, 0.3) is 5.65 Å². The normalized spacial score (nSPS) is 12.3. The van der Waals surface area contributed by atoms with E-state index in [1.165, 1.54) is 12.3 Å². The Kier molecular flexibility index (Phi) is 1.84. The smallest absolute Gasteiger partial charge is 0.139 e. The molecule has 2 rings (SSSR count). The van der Waals surface area contributed by atoms with Crippen LogP contribution in [0, 0.1) is 5.82 Å². The van der Waals surface area contributed by atoms with Crippen molar-refractivity contribution in [1.29, 1.82) is 0 Å². The van der Waals surface area contributed by atoms with Gasteiger partial charge >= 0.3 is 0 Å². The van der Waals surface area contributed by atoms with E-state index in [2.05, 4.69) is 25.8 Å². The number of pyridine rings is 1. The minimum absolute atomic E-state index is 0.0206. The second kappa shape index (κ2) is 2.80. The lowest BCUT2D eigenvalue weighted by atomic mass is 9.93. The van der Waals surface area contributed by atoms with Crippen LogP contribution in [-0.4, -0.2) is 9.38 Å². The highest BCUT2D eigenvalue weighted by molar-refractivity contribution is 5.41. The highest BCUT2D eigenvalue weighted by Gasteiger charge is 2.18. The van der Waals surface area contributed by atoms with Crippen LogP contribution in [0.2, 0.25) is 0 Å². The zero-order chi connectivity index (χ0) is 10.3. The summed E-state index contributed by atoms with van der Waals surface area (Å²) in [6.07, 6.45) is 3.28. The van der Waals surface area contributed by atoms with Gasteiger partial charge in [-0.25, -0.2) is 9.37 Å². The molecule has 0 saturated heterocycles. The molecular formula is C11H13FN2. The highest BCUT2D eigenvalue weighted by atomic mass is 19.1. The predicted molar refractivity (Wildman–Crippen MR) is 53.9 cm³/mol. The number of nitrogens with zero attached hydrogens (tertiary/aromatic N) is 2. The minimum atomic E-state index is -0.235. The molecule has 0 fully saturated rings. The van der Waals surface area contributed by atoms with Gasteiger partial charge < -0.3 is 4.40 Å². The van der Waals surface area contributed by atoms with Crippen molar-refractivity contribution in [1.82, 2.24) is 9.38 Å². The molecule has 0 bridgehead atoms. The molecule has 0 aliphatic heterocycles. The molecular weight excluding hydrogens is 179 g/mol. The molecule has 2 heterocycles. The third-order valence-electron chi connectivity index (χ3n) is 2.24. The first-order chi connectivity index (χ1) is 6.48. The summed E-state index contributed by atoms with van der Waals surface area (Å²) in [5.41, 5.74) is 1.79. The molecule has 0 radical (unpaired) electrons. The van der Waals surface area contributed by atoms with Gasteiger partial charge in [0.15, 0.2) is 0 Å². The van der Waals surface area contributed by atoms with Crippen LogP contribution in [0.3, 0.4) is 0 Å². The standard InChI is InChI=1S/C11H13FN2/c1-11(2,3)9-6-13-10-5-4-8(12)7-14(9)10/h4-7H,1-3H3. The third kappa shape index (κ3) is 1.39. The van der Waals surface area contributed by atoms with Gasteiger partial charge in [0.25, 0.3) is 0 Å². The van der Waals surface area contributed by atoms with Crippen LogP contribution in [-0.2, 0) is 5.41 Å². The summed E-state index contributed by atoms with van der Waals surface area (Å²) in [5.74, 6) is -0.235. The molecule has 0 atom stereocenters. The van der Waals surface area contributed by atoms with E-state index in [1.807, 2.05) is 0 Å². The van der Waals surface area contributed by atoms with E-state index in [0.717, 1.165) is 11.3 Å². The second-order valence-corrected chi connectivity index (χ2v) is 4.47. The molecule has 0 aliphatic rings. The number of fused-ring (bicyclic) bond motifs is 1. The summed E-state index contributed by atoms with van der Waals surface area (Å²) in [7, 11) is 0. The molecule has 0 saturated carbocycles. The maximum Gasteiger partial charge on any atom is 0.139 e. The van der Waals surface area contributed by atoms with E-state index in [4.69, 9.17) is 0 Å². The van der Waals surface area contributed by atoms with Crippen molar-refractivity contribution < 1.29 is 4.39 Å². The van der Waals surface area contributed by atoms with Crippen LogP contribution >= 0.6 is 0 Å². The SMILES string of the molecule is CC(C)(C)c1cnc2ccc(F)cn12. The molecule has 2 aromatic heterocycles. The van der Waals surface area contributed by atoms with Crippen molar-refractivity contribution in [2.24, 2.45) is 0 Å². The summed E-state index contributed by atoms with van der Waals surface area (Å²) in [4.78, 5) is 4.22. The fourth-order valence-electron chi connectivity index (χ4n) is 1.51. The van der Waals surface area contributed by atoms with Gasteiger partial charge in [0.05, 0.1) is 0 Å². The first-order valence-corrected chi connectivity index (χ1v) is 4.61. The van der Waals surface area contributed by atoms with Crippen molar-refractivity contribution >= 4 is 5.65 Å². The average Bonchev–Trinajstić information content (AvgIpc) is 2.45. The number of rotatable bonds is 0. The summed E-state index contributed by atoms with van der Waals surface area (Å²) < 4.78 is 14.8. The molecule has 3 heteroatoms. The van der Waals surface area contributed by atoms with Crippen molar-refractivity contribution in [3.05, 3.63) is 36.0 Å². The molecule has 14 heavy (non-hydrogen) atoms. The number of halogens is 1. The zero-order valence-corrected chi connectivity index (χ0v) is 8.58. The molecule has 2 aromatic rings. The van der Waals surface area contributed by atoms with Crippen molar-refractivity contribution in [3.8, 4) is 0 Å². The zero-order valence-electron chi connectivity index (χ0n) is 8.58. The fraction of sp³-hybridized carbons (Fsp3) is 0.364. The summed E-state index contributed by atoms with van der Waals surface area (Å²) >= 11 is 0. The van der Waals surface area contributed by atoms with Gasteiger partial charge in [0.1, 0.15) is 11.5 Å². The maximum atomic E-state index is 13.0. The Morgan fingerprint density at radius 2 is 2.00 bits per heavy atom. The Labute approximate surface area is 82.4 Å². The summed E-state index contributed by atoms with van der Waals surface area (Å²) in [5, 5.41) is 0. The minimum Gasteiger partial charge on any atom is -0.301 e. The van der Waals surface area contributed by atoms with Gasteiger partial charge in [-0.15, -0.1) is 0 Å². The van der Waals surface area contributed by atoms with Crippen molar-refractivity contribution in [2.75, 3.05) is 0 Å². The average molecular weight is 192 g/mol. The fourth-order valence-corrected chi connectivity index (χ4v) is 1.51. The largest absolute Gasteiger partial charge is 0.301 e. The van der Waals surface area contributed by atoms with Gasteiger partial charge in [-0.3, -0.25) is 0 Å². The molecule has 0 amide bonds. The molecule has 74 valence electrons. The van der Waals surface area contributed by atoms with E-state index in [-0.39, 0.29) is 11.2 Å². The van der Waals surface area contributed by atoms with E-state index in [0.29, 0.717) is 0 Å². The molecule has 0 aliphatic carbocycles. The van der Waals surface area contributed by atoms with E-state index in [9.17, 15) is 4.39 Å². The van der Waals surface area contributed by atoms with Crippen molar-refractivity contribution in [2.45, 2.75) is 26.2 Å². The molecule has 0 N–H and O–H groups in total. The number of hydrogen-bond acceptors (Lipinski definition) is 1. The van der Waals surface area contributed by atoms with E-state index >= 15 is 0 Å². The van der Waals surface area contributed by atoms with Crippen LogP contribution in [0.1, 0.15) is 26.5 Å². The second-order valence-electron chi connectivity index (χ2n) is 4.47. The molecule has 0 aromatic carbocycles. The van der Waals surface area contributed by atoms with Crippen LogP contribution < -0.4 is 0 Å². The summed E-state index contributed by atoms with van der Waals surface area (Å²) in [6, 6.07) is 3.11. The van der Waals surface area contributed by atoms with E-state index < -0.39 is 0 Å². The highest BCUT2D eigenvalue weighted by Crippen LogP contribution is 2.23. The Morgan fingerprint density at radius 1 is 1.29 bits per heavy atom. The first kappa shape index (κ1) is 9.19. The predicted octanol–water partition coefficient (Wildman–Crippen LogP) is 2.77. The number of imidazole rings is 1. The molecule has 0 spiro atoms. The lowest BCUT2D eigenvalue weighted by molar-refractivity contribution is 0.556. The van der Waals surface area contributed by atoms with Gasteiger partial charge in [0.2, 0.25) is 0 Å². The van der Waals surface area contributed by atoms with Crippen LogP contribution in [0.4, 0.5) is 4.39 Å². The Hall–Kier alpha value is -1.38. The Balaban J connectivity index is 2.73. The lowest BCUT2D eigenvalue weighted by Crippen LogP contribution is -2.14. The van der Waals surface area contributed by atoms with Crippen molar-refractivity contribution in [3.63, 3.8) is 0 Å². The van der Waals surface area contributed by atoms with E-state index in [1.54, 1.807) is 16.7 Å². The maximum absolute atomic E-state index is 13.0. The third-order valence-corrected chi connectivity index (χ3v) is 2.24. The number of aromatic nitrogens is 2. The van der Waals surface area contributed by atoms with Gasteiger partial charge in [-0.1, -0.05) is 20.8 Å². The Morgan fingerprint density at radius 3 is 2.64 bits per heavy atom. The summed E-state index contributed by atoms with van der Waals surface area (Å²) in [6.45, 7) is 6.25. The van der Waals surface area contributed by atoms with Gasteiger partial charge in [-0.2, -0.15) is 0 Å². The van der Waals surface area contributed by atoms with Crippen LogP contribution in [0.15, 0.2) is 24.5 Å². The number of hydrogen-bond donors (Lipinski definition) is 0. The monoisotopic (exact) mass is 192 g/mol.